The standard InChI is InChI=1S/C13H22N2O2/c14-17-2-1-15-12(16)13-6-9-3-10(7-13)5-11(4-9)8-13/h9-11H,1-8,14H2,(H,15,16). The molecule has 0 spiro atoms. The van der Waals surface area contributed by atoms with E-state index in [9.17, 15) is 4.79 Å². The molecule has 3 N–H and O–H groups in total. The molecule has 4 saturated carbocycles. The molecule has 0 radical (unpaired) electrons. The van der Waals surface area contributed by atoms with Gasteiger partial charge in [-0.1, -0.05) is 0 Å². The lowest BCUT2D eigenvalue weighted by molar-refractivity contribution is -0.146. The summed E-state index contributed by atoms with van der Waals surface area (Å²) in [5.41, 5.74) is -0.0383. The van der Waals surface area contributed by atoms with Gasteiger partial charge in [0, 0.05) is 12.0 Å². The summed E-state index contributed by atoms with van der Waals surface area (Å²) in [6.07, 6.45) is 7.48. The van der Waals surface area contributed by atoms with Crippen molar-refractivity contribution in [3.05, 3.63) is 0 Å². The second-order valence-corrected chi connectivity index (χ2v) is 6.32. The van der Waals surface area contributed by atoms with Crippen molar-refractivity contribution in [3.63, 3.8) is 0 Å². The second kappa shape index (κ2) is 4.25. The van der Waals surface area contributed by atoms with Crippen molar-refractivity contribution in [1.29, 1.82) is 0 Å². The summed E-state index contributed by atoms with van der Waals surface area (Å²) >= 11 is 0. The Hall–Kier alpha value is -0.610. The normalized spacial score (nSPS) is 42.8. The van der Waals surface area contributed by atoms with Crippen molar-refractivity contribution in [2.75, 3.05) is 13.2 Å². The number of hydrogen-bond donors (Lipinski definition) is 2. The maximum absolute atomic E-state index is 12.4. The molecule has 17 heavy (non-hydrogen) atoms. The van der Waals surface area contributed by atoms with Gasteiger partial charge in [0.2, 0.25) is 5.91 Å². The fraction of sp³-hybridized carbons (Fsp3) is 0.923. The highest BCUT2D eigenvalue weighted by Gasteiger charge is 2.54. The third-order valence-electron chi connectivity index (χ3n) is 5.03. The average molecular weight is 238 g/mol. The van der Waals surface area contributed by atoms with Gasteiger partial charge in [0.25, 0.3) is 0 Å². The molecule has 4 bridgehead atoms. The van der Waals surface area contributed by atoms with Crippen LogP contribution in [0.5, 0.6) is 0 Å². The van der Waals surface area contributed by atoms with Crippen LogP contribution in [0.15, 0.2) is 0 Å². The van der Waals surface area contributed by atoms with E-state index < -0.39 is 0 Å². The number of hydrogen-bond acceptors (Lipinski definition) is 3. The first-order chi connectivity index (χ1) is 8.22. The Labute approximate surface area is 102 Å². The molecule has 4 heteroatoms. The van der Waals surface area contributed by atoms with Gasteiger partial charge in [0.1, 0.15) is 0 Å². The predicted octanol–water partition coefficient (Wildman–Crippen LogP) is 1.21. The molecule has 0 heterocycles. The summed E-state index contributed by atoms with van der Waals surface area (Å²) in [4.78, 5) is 16.9. The van der Waals surface area contributed by atoms with Crippen LogP contribution in [-0.4, -0.2) is 19.1 Å². The number of nitrogens with two attached hydrogens (primary N) is 1. The van der Waals surface area contributed by atoms with E-state index in [0.29, 0.717) is 13.2 Å². The van der Waals surface area contributed by atoms with Crippen LogP contribution < -0.4 is 11.2 Å². The van der Waals surface area contributed by atoms with Crippen LogP contribution >= 0.6 is 0 Å². The smallest absolute Gasteiger partial charge is 0.226 e. The van der Waals surface area contributed by atoms with Crippen molar-refractivity contribution in [2.45, 2.75) is 38.5 Å². The zero-order valence-corrected chi connectivity index (χ0v) is 10.3. The van der Waals surface area contributed by atoms with Crippen LogP contribution in [0.25, 0.3) is 0 Å². The van der Waals surface area contributed by atoms with Crippen LogP contribution in [-0.2, 0) is 9.63 Å². The fourth-order valence-electron chi connectivity index (χ4n) is 4.80. The SMILES string of the molecule is NOCCNC(=O)C12CC3CC(CC(C3)C1)C2. The highest BCUT2D eigenvalue weighted by atomic mass is 16.6. The Bertz CT molecular complexity index is 281. The number of amides is 1. The molecular weight excluding hydrogens is 216 g/mol. The number of carbonyl (C=O) groups is 1. The minimum Gasteiger partial charge on any atom is -0.353 e. The lowest BCUT2D eigenvalue weighted by Crippen LogP contribution is -2.54. The van der Waals surface area contributed by atoms with Crippen molar-refractivity contribution in [2.24, 2.45) is 29.1 Å². The monoisotopic (exact) mass is 238 g/mol. The summed E-state index contributed by atoms with van der Waals surface area (Å²) in [7, 11) is 0. The molecule has 0 aliphatic heterocycles. The van der Waals surface area contributed by atoms with E-state index in [2.05, 4.69) is 10.2 Å². The molecule has 4 aliphatic rings. The molecule has 0 unspecified atom stereocenters. The van der Waals surface area contributed by atoms with E-state index in [1.807, 2.05) is 0 Å². The largest absolute Gasteiger partial charge is 0.353 e. The van der Waals surface area contributed by atoms with E-state index in [1.165, 1.54) is 19.3 Å². The van der Waals surface area contributed by atoms with Gasteiger partial charge >= 0.3 is 0 Å². The van der Waals surface area contributed by atoms with Crippen LogP contribution in [0.1, 0.15) is 38.5 Å². The topological polar surface area (TPSA) is 64.3 Å². The summed E-state index contributed by atoms with van der Waals surface area (Å²) < 4.78 is 0. The van der Waals surface area contributed by atoms with Crippen LogP contribution in [0.4, 0.5) is 0 Å². The number of rotatable bonds is 4. The van der Waals surface area contributed by atoms with Gasteiger partial charge in [0.05, 0.1) is 6.61 Å². The van der Waals surface area contributed by atoms with Crippen molar-refractivity contribution >= 4 is 5.91 Å². The Morgan fingerprint density at radius 3 is 2.18 bits per heavy atom. The minimum atomic E-state index is -0.0383. The first-order valence-electron chi connectivity index (χ1n) is 6.82. The van der Waals surface area contributed by atoms with E-state index in [0.717, 1.165) is 37.0 Å². The third-order valence-corrected chi connectivity index (χ3v) is 5.03. The fourth-order valence-corrected chi connectivity index (χ4v) is 4.80. The van der Waals surface area contributed by atoms with Crippen LogP contribution in [0, 0.1) is 23.2 Å². The maximum Gasteiger partial charge on any atom is 0.226 e. The summed E-state index contributed by atoms with van der Waals surface area (Å²) in [6, 6.07) is 0. The van der Waals surface area contributed by atoms with Gasteiger partial charge in [0.15, 0.2) is 0 Å². The highest BCUT2D eigenvalue weighted by Crippen LogP contribution is 2.60. The molecule has 1 amide bonds. The molecule has 4 nitrogen and oxygen atoms in total. The van der Waals surface area contributed by atoms with Gasteiger partial charge in [-0.25, -0.2) is 5.90 Å². The van der Waals surface area contributed by atoms with Gasteiger partial charge < -0.3 is 10.2 Å². The molecule has 96 valence electrons. The van der Waals surface area contributed by atoms with E-state index in [1.54, 1.807) is 0 Å². The number of nitrogens with one attached hydrogen (secondary N) is 1. The van der Waals surface area contributed by atoms with Crippen molar-refractivity contribution < 1.29 is 9.63 Å². The Morgan fingerprint density at radius 1 is 1.18 bits per heavy atom. The lowest BCUT2D eigenvalue weighted by Gasteiger charge is -2.55. The van der Waals surface area contributed by atoms with Gasteiger partial charge in [-0.3, -0.25) is 4.79 Å². The van der Waals surface area contributed by atoms with Crippen LogP contribution in [0.2, 0.25) is 0 Å². The predicted molar refractivity (Wildman–Crippen MR) is 63.8 cm³/mol. The first-order valence-corrected chi connectivity index (χ1v) is 6.82. The van der Waals surface area contributed by atoms with Gasteiger partial charge in [-0.2, -0.15) is 0 Å². The Balaban J connectivity index is 1.67. The maximum atomic E-state index is 12.4. The molecular formula is C13H22N2O2. The quantitative estimate of drug-likeness (QED) is 0.571. The molecule has 0 aromatic rings. The summed E-state index contributed by atoms with van der Waals surface area (Å²) in [5, 5.41) is 3.00. The average Bonchev–Trinajstić information content (AvgIpc) is 2.27. The zero-order chi connectivity index (χ0) is 11.9. The molecule has 4 aliphatic carbocycles. The minimum absolute atomic E-state index is 0.0383. The Kier molecular flexibility index (Phi) is 2.87. The highest BCUT2D eigenvalue weighted by molar-refractivity contribution is 5.83. The van der Waals surface area contributed by atoms with Gasteiger partial charge in [-0.15, -0.1) is 0 Å². The Morgan fingerprint density at radius 2 is 1.71 bits per heavy atom. The summed E-state index contributed by atoms with van der Waals surface area (Å²) in [6.45, 7) is 0.940. The van der Waals surface area contributed by atoms with Crippen LogP contribution in [0.3, 0.4) is 0 Å². The first kappa shape index (κ1) is 11.5. The zero-order valence-electron chi connectivity index (χ0n) is 10.3. The molecule has 0 aromatic heterocycles. The summed E-state index contributed by atoms with van der Waals surface area (Å²) in [5.74, 6) is 7.68. The molecule has 0 saturated heterocycles. The molecule has 0 atom stereocenters. The number of carbonyl (C=O) groups excluding carboxylic acids is 1. The molecule has 0 aromatic carbocycles. The van der Waals surface area contributed by atoms with E-state index >= 15 is 0 Å². The van der Waals surface area contributed by atoms with E-state index in [-0.39, 0.29) is 11.3 Å². The van der Waals surface area contributed by atoms with Gasteiger partial charge in [-0.05, 0) is 56.3 Å². The van der Waals surface area contributed by atoms with Crippen molar-refractivity contribution in [3.8, 4) is 0 Å². The molecule has 4 rings (SSSR count). The third kappa shape index (κ3) is 1.97. The molecule has 4 fully saturated rings. The van der Waals surface area contributed by atoms with Crippen molar-refractivity contribution in [1.82, 2.24) is 5.32 Å². The van der Waals surface area contributed by atoms with E-state index in [4.69, 9.17) is 5.90 Å². The second-order valence-electron chi connectivity index (χ2n) is 6.32. The lowest BCUT2D eigenvalue weighted by atomic mass is 9.49.